The summed E-state index contributed by atoms with van der Waals surface area (Å²) in [4.78, 5) is 0. The molecule has 0 amide bonds. The lowest BCUT2D eigenvalue weighted by Crippen LogP contribution is -1.83. The molecular formula is C10H18O2. The Hall–Kier alpha value is -0.920. The van der Waals surface area contributed by atoms with Crippen LogP contribution in [0, 0.1) is 0 Å². The van der Waals surface area contributed by atoms with Gasteiger partial charge in [-0.3, -0.25) is 0 Å². The Kier molecular flexibility index (Phi) is 6.25. The van der Waals surface area contributed by atoms with Crippen molar-refractivity contribution in [2.24, 2.45) is 0 Å². The molecule has 0 saturated carbocycles. The highest BCUT2D eigenvalue weighted by Crippen LogP contribution is 2.10. The molecule has 0 atom stereocenters. The Morgan fingerprint density at radius 2 is 1.25 bits per heavy atom. The van der Waals surface area contributed by atoms with E-state index in [1.807, 2.05) is 0 Å². The third-order valence-electron chi connectivity index (χ3n) is 1.55. The lowest BCUT2D eigenvalue weighted by Gasteiger charge is -2.01. The molecular weight excluding hydrogens is 152 g/mol. The lowest BCUT2D eigenvalue weighted by molar-refractivity contribution is 0.330. The minimum Gasteiger partial charge on any atom is -0.504 e. The summed E-state index contributed by atoms with van der Waals surface area (Å²) in [5.74, 6) is 0. The Labute approximate surface area is 74.9 Å². The SMILES string of the molecule is CO/C=C(\C)CC/C(C)=C/OC. The largest absolute Gasteiger partial charge is 0.504 e. The second-order valence-electron chi connectivity index (χ2n) is 2.90. The highest BCUT2D eigenvalue weighted by molar-refractivity contribution is 5.00. The maximum atomic E-state index is 4.88. The van der Waals surface area contributed by atoms with Crippen molar-refractivity contribution in [1.29, 1.82) is 0 Å². The maximum absolute atomic E-state index is 4.88. The van der Waals surface area contributed by atoms with Gasteiger partial charge in [-0.15, -0.1) is 0 Å². The van der Waals surface area contributed by atoms with Crippen molar-refractivity contribution in [3.8, 4) is 0 Å². The van der Waals surface area contributed by atoms with Gasteiger partial charge in [-0.1, -0.05) is 0 Å². The van der Waals surface area contributed by atoms with Crippen molar-refractivity contribution in [3.05, 3.63) is 23.7 Å². The normalized spacial score (nSPS) is 13.0. The third kappa shape index (κ3) is 5.83. The van der Waals surface area contributed by atoms with Crippen molar-refractivity contribution in [1.82, 2.24) is 0 Å². The monoisotopic (exact) mass is 170 g/mol. The second kappa shape index (κ2) is 6.77. The van der Waals surface area contributed by atoms with Crippen LogP contribution in [0.2, 0.25) is 0 Å². The average molecular weight is 170 g/mol. The van der Waals surface area contributed by atoms with Crippen molar-refractivity contribution in [2.45, 2.75) is 26.7 Å². The molecule has 0 aromatic heterocycles. The van der Waals surface area contributed by atoms with E-state index in [-0.39, 0.29) is 0 Å². The Bertz CT molecular complexity index is 149. The molecule has 0 spiro atoms. The molecule has 0 unspecified atom stereocenters. The van der Waals surface area contributed by atoms with Gasteiger partial charge in [0, 0.05) is 0 Å². The van der Waals surface area contributed by atoms with Crippen LogP contribution in [-0.2, 0) is 9.47 Å². The minimum absolute atomic E-state index is 1.03. The summed E-state index contributed by atoms with van der Waals surface area (Å²) in [7, 11) is 3.34. The van der Waals surface area contributed by atoms with Gasteiger partial charge in [-0.25, -0.2) is 0 Å². The summed E-state index contributed by atoms with van der Waals surface area (Å²) in [5, 5.41) is 0. The zero-order valence-electron chi connectivity index (χ0n) is 8.39. The molecule has 2 nitrogen and oxygen atoms in total. The van der Waals surface area contributed by atoms with E-state index in [9.17, 15) is 0 Å². The molecule has 0 radical (unpaired) electrons. The molecule has 0 aromatic carbocycles. The molecule has 0 bridgehead atoms. The molecule has 0 N–H and O–H groups in total. The van der Waals surface area contributed by atoms with Gasteiger partial charge in [0.15, 0.2) is 0 Å². The number of rotatable bonds is 5. The molecule has 0 aliphatic carbocycles. The molecule has 0 heterocycles. The van der Waals surface area contributed by atoms with Crippen LogP contribution in [0.5, 0.6) is 0 Å². The van der Waals surface area contributed by atoms with Crippen molar-refractivity contribution >= 4 is 0 Å². The lowest BCUT2D eigenvalue weighted by atomic mass is 10.1. The smallest absolute Gasteiger partial charge is 0.0813 e. The summed E-state index contributed by atoms with van der Waals surface area (Å²) in [6.45, 7) is 4.12. The number of allylic oxidation sites excluding steroid dienone is 2. The number of methoxy groups -OCH3 is 2. The van der Waals surface area contributed by atoms with E-state index in [2.05, 4.69) is 13.8 Å². The number of ether oxygens (including phenoxy) is 2. The molecule has 70 valence electrons. The predicted octanol–water partition coefficient (Wildman–Crippen LogP) is 2.87. The maximum Gasteiger partial charge on any atom is 0.0813 e. The molecule has 0 aliphatic heterocycles. The summed E-state index contributed by atoms with van der Waals surface area (Å²) < 4.78 is 9.77. The van der Waals surface area contributed by atoms with Crippen LogP contribution in [0.3, 0.4) is 0 Å². The summed E-state index contributed by atoms with van der Waals surface area (Å²) in [6, 6.07) is 0. The first-order valence-electron chi connectivity index (χ1n) is 4.07. The molecule has 0 fully saturated rings. The van der Waals surface area contributed by atoms with Gasteiger partial charge in [-0.2, -0.15) is 0 Å². The second-order valence-corrected chi connectivity index (χ2v) is 2.90. The summed E-state index contributed by atoms with van der Waals surface area (Å²) >= 11 is 0. The van der Waals surface area contributed by atoms with Gasteiger partial charge in [0.1, 0.15) is 0 Å². The fourth-order valence-electron chi connectivity index (χ4n) is 0.915. The first kappa shape index (κ1) is 11.1. The quantitative estimate of drug-likeness (QED) is 0.591. The first-order chi connectivity index (χ1) is 5.70. The molecule has 0 aliphatic rings. The van der Waals surface area contributed by atoms with Crippen LogP contribution in [0.1, 0.15) is 26.7 Å². The first-order valence-corrected chi connectivity index (χ1v) is 4.07. The van der Waals surface area contributed by atoms with Crippen LogP contribution in [-0.4, -0.2) is 14.2 Å². The van der Waals surface area contributed by atoms with Gasteiger partial charge in [0.05, 0.1) is 26.7 Å². The molecule has 0 aromatic rings. The van der Waals surface area contributed by atoms with E-state index in [1.165, 1.54) is 11.1 Å². The fraction of sp³-hybridized carbons (Fsp3) is 0.600. The van der Waals surface area contributed by atoms with Crippen LogP contribution in [0.4, 0.5) is 0 Å². The zero-order chi connectivity index (χ0) is 9.40. The third-order valence-corrected chi connectivity index (χ3v) is 1.55. The van der Waals surface area contributed by atoms with Crippen molar-refractivity contribution < 1.29 is 9.47 Å². The number of hydrogen-bond acceptors (Lipinski definition) is 2. The van der Waals surface area contributed by atoms with E-state index in [0.29, 0.717) is 0 Å². The Morgan fingerprint density at radius 1 is 0.917 bits per heavy atom. The minimum atomic E-state index is 1.03. The topological polar surface area (TPSA) is 18.5 Å². The van der Waals surface area contributed by atoms with Gasteiger partial charge >= 0.3 is 0 Å². The van der Waals surface area contributed by atoms with Gasteiger partial charge < -0.3 is 9.47 Å². The van der Waals surface area contributed by atoms with Crippen LogP contribution in [0.15, 0.2) is 23.7 Å². The van der Waals surface area contributed by atoms with Gasteiger partial charge in [0.25, 0.3) is 0 Å². The van der Waals surface area contributed by atoms with E-state index in [1.54, 1.807) is 26.7 Å². The molecule has 2 heteroatoms. The standard InChI is InChI=1S/C10H18O2/c1-9(7-11-3)5-6-10(2)8-12-4/h7-8H,5-6H2,1-4H3/b9-7+,10-8+. The summed E-state index contributed by atoms with van der Waals surface area (Å²) in [5.41, 5.74) is 2.50. The number of hydrogen-bond donors (Lipinski definition) is 0. The summed E-state index contributed by atoms with van der Waals surface area (Å²) in [6.07, 6.45) is 5.61. The Balaban J connectivity index is 3.68. The van der Waals surface area contributed by atoms with Crippen LogP contribution in [0.25, 0.3) is 0 Å². The van der Waals surface area contributed by atoms with E-state index >= 15 is 0 Å². The van der Waals surface area contributed by atoms with Crippen LogP contribution >= 0.6 is 0 Å². The van der Waals surface area contributed by atoms with Gasteiger partial charge in [0.2, 0.25) is 0 Å². The predicted molar refractivity (Wildman–Crippen MR) is 50.8 cm³/mol. The Morgan fingerprint density at radius 3 is 1.50 bits per heavy atom. The molecule has 0 saturated heterocycles. The van der Waals surface area contributed by atoms with Crippen molar-refractivity contribution in [3.63, 3.8) is 0 Å². The highest BCUT2D eigenvalue weighted by atomic mass is 16.5. The van der Waals surface area contributed by atoms with E-state index in [4.69, 9.17) is 9.47 Å². The van der Waals surface area contributed by atoms with Crippen molar-refractivity contribution in [2.75, 3.05) is 14.2 Å². The molecule has 0 rings (SSSR count). The average Bonchev–Trinajstić information content (AvgIpc) is 2.02. The molecule has 12 heavy (non-hydrogen) atoms. The zero-order valence-corrected chi connectivity index (χ0v) is 8.39. The van der Waals surface area contributed by atoms with E-state index in [0.717, 1.165) is 12.8 Å². The van der Waals surface area contributed by atoms with E-state index < -0.39 is 0 Å². The fourth-order valence-corrected chi connectivity index (χ4v) is 0.915. The van der Waals surface area contributed by atoms with Crippen LogP contribution < -0.4 is 0 Å². The van der Waals surface area contributed by atoms with Gasteiger partial charge in [-0.05, 0) is 37.8 Å². The highest BCUT2D eigenvalue weighted by Gasteiger charge is 1.92.